The highest BCUT2D eigenvalue weighted by molar-refractivity contribution is 5.68. The minimum absolute atomic E-state index is 0.131. The summed E-state index contributed by atoms with van der Waals surface area (Å²) in [5.74, 6) is 2.99. The highest BCUT2D eigenvalue weighted by atomic mass is 16.3. The summed E-state index contributed by atoms with van der Waals surface area (Å²) < 4.78 is 1.82. The van der Waals surface area contributed by atoms with E-state index in [2.05, 4.69) is 30.8 Å². The van der Waals surface area contributed by atoms with Crippen LogP contribution in [0.5, 0.6) is 5.75 Å². The lowest BCUT2D eigenvalue weighted by atomic mass is 10.1. The van der Waals surface area contributed by atoms with Crippen molar-refractivity contribution in [2.75, 3.05) is 25.0 Å². The van der Waals surface area contributed by atoms with Gasteiger partial charge in [-0.3, -0.25) is 0 Å². The quantitative estimate of drug-likeness (QED) is 0.638. The molecule has 5 rings (SSSR count). The van der Waals surface area contributed by atoms with Crippen LogP contribution in [0.4, 0.5) is 5.95 Å². The second-order valence-electron chi connectivity index (χ2n) is 6.87. The summed E-state index contributed by atoms with van der Waals surface area (Å²) in [7, 11) is 0. The third-order valence-electron chi connectivity index (χ3n) is 5.39. The molecular weight excluding hydrogens is 330 g/mol. The molecule has 2 atom stereocenters. The van der Waals surface area contributed by atoms with E-state index >= 15 is 0 Å². The van der Waals surface area contributed by atoms with E-state index in [0.717, 1.165) is 43.1 Å². The number of nitrogens with zero attached hydrogens (tertiary/aromatic N) is 5. The van der Waals surface area contributed by atoms with Gasteiger partial charge in [0.2, 0.25) is 5.95 Å². The van der Waals surface area contributed by atoms with Gasteiger partial charge in [0.25, 0.3) is 0 Å². The van der Waals surface area contributed by atoms with Gasteiger partial charge < -0.3 is 20.3 Å². The Balaban J connectivity index is 1.28. The average Bonchev–Trinajstić information content (AvgIpc) is 3.09. The fourth-order valence-electron chi connectivity index (χ4n) is 3.85. The largest absolute Gasteiger partial charge is 0.507 e. The first-order valence-corrected chi connectivity index (χ1v) is 8.75. The van der Waals surface area contributed by atoms with Crippen molar-refractivity contribution in [3.05, 3.63) is 43.1 Å². The highest BCUT2D eigenvalue weighted by Crippen LogP contribution is 2.48. The lowest BCUT2D eigenvalue weighted by molar-refractivity contribution is 0.476. The molecule has 3 aromatic rings. The SMILES string of the molecule is Oc1cc(-n2ccnc2)ccc1-c1cnc(NCC2C3CNCC32)nn1. The monoisotopic (exact) mass is 349 g/mol. The third kappa shape index (κ3) is 2.68. The molecule has 2 aliphatic rings. The van der Waals surface area contributed by atoms with Crippen molar-refractivity contribution in [3.8, 4) is 22.7 Å². The number of nitrogens with one attached hydrogen (secondary N) is 2. The van der Waals surface area contributed by atoms with Crippen LogP contribution in [0.2, 0.25) is 0 Å². The van der Waals surface area contributed by atoms with Gasteiger partial charge in [0.15, 0.2) is 0 Å². The van der Waals surface area contributed by atoms with Crippen molar-refractivity contribution < 1.29 is 5.11 Å². The van der Waals surface area contributed by atoms with Crippen molar-refractivity contribution in [1.29, 1.82) is 0 Å². The summed E-state index contributed by atoms with van der Waals surface area (Å²) in [5.41, 5.74) is 1.97. The lowest BCUT2D eigenvalue weighted by Crippen LogP contribution is -2.19. The van der Waals surface area contributed by atoms with Crippen molar-refractivity contribution in [2.24, 2.45) is 17.8 Å². The Hall–Kier alpha value is -3.00. The number of fused-ring (bicyclic) bond motifs is 1. The molecule has 132 valence electrons. The van der Waals surface area contributed by atoms with Gasteiger partial charge in [0, 0.05) is 30.6 Å². The first-order valence-electron chi connectivity index (χ1n) is 8.75. The minimum atomic E-state index is 0.131. The van der Waals surface area contributed by atoms with E-state index in [1.165, 1.54) is 0 Å². The first-order chi connectivity index (χ1) is 12.8. The Morgan fingerprint density at radius 3 is 2.81 bits per heavy atom. The molecule has 0 bridgehead atoms. The predicted octanol–water partition coefficient (Wildman–Crippen LogP) is 1.31. The van der Waals surface area contributed by atoms with E-state index in [9.17, 15) is 5.11 Å². The van der Waals surface area contributed by atoms with Gasteiger partial charge >= 0.3 is 0 Å². The van der Waals surface area contributed by atoms with E-state index in [1.54, 1.807) is 24.8 Å². The number of anilines is 1. The maximum Gasteiger partial charge on any atom is 0.242 e. The zero-order valence-electron chi connectivity index (χ0n) is 14.1. The fraction of sp³-hybridized carbons (Fsp3) is 0.333. The van der Waals surface area contributed by atoms with Gasteiger partial charge in [-0.1, -0.05) is 0 Å². The van der Waals surface area contributed by atoms with Gasteiger partial charge in [-0.15, -0.1) is 10.2 Å². The van der Waals surface area contributed by atoms with E-state index in [1.807, 2.05) is 22.9 Å². The molecular formula is C18H19N7O. The molecule has 2 unspecified atom stereocenters. The van der Waals surface area contributed by atoms with Crippen molar-refractivity contribution in [2.45, 2.75) is 0 Å². The van der Waals surface area contributed by atoms with Gasteiger partial charge in [0.05, 0.1) is 18.2 Å². The van der Waals surface area contributed by atoms with Crippen LogP contribution in [0.3, 0.4) is 0 Å². The molecule has 1 aromatic carbocycles. The van der Waals surface area contributed by atoms with Crippen LogP contribution in [0.1, 0.15) is 0 Å². The maximum atomic E-state index is 10.3. The molecule has 1 saturated heterocycles. The molecule has 1 saturated carbocycles. The average molecular weight is 349 g/mol. The van der Waals surface area contributed by atoms with Gasteiger partial charge in [-0.05, 0) is 43.0 Å². The summed E-state index contributed by atoms with van der Waals surface area (Å²) in [5, 5.41) is 25.4. The second-order valence-corrected chi connectivity index (χ2v) is 6.87. The molecule has 3 heterocycles. The molecule has 8 heteroatoms. The standard InChI is InChI=1S/C18H19N7O/c26-17-5-11(25-4-3-19-10-25)1-2-12(17)16-9-22-18(24-23-16)21-8-15-13-6-20-7-14(13)15/h1-5,9-10,13-15,20,26H,6-8H2,(H,21,22,24). The number of aromatic nitrogens is 5. The van der Waals surface area contributed by atoms with E-state index in [-0.39, 0.29) is 5.75 Å². The van der Waals surface area contributed by atoms with Crippen LogP contribution in [0.15, 0.2) is 43.1 Å². The fourth-order valence-corrected chi connectivity index (χ4v) is 3.85. The summed E-state index contributed by atoms with van der Waals surface area (Å²) in [6.45, 7) is 3.15. The third-order valence-corrected chi connectivity index (χ3v) is 5.39. The molecule has 26 heavy (non-hydrogen) atoms. The Morgan fingerprint density at radius 1 is 1.23 bits per heavy atom. The minimum Gasteiger partial charge on any atom is -0.507 e. The first kappa shape index (κ1) is 15.3. The Bertz CT molecular complexity index is 900. The van der Waals surface area contributed by atoms with Crippen LogP contribution >= 0.6 is 0 Å². The van der Waals surface area contributed by atoms with Gasteiger partial charge in [-0.2, -0.15) is 0 Å². The molecule has 0 spiro atoms. The van der Waals surface area contributed by atoms with Crippen LogP contribution in [0, 0.1) is 17.8 Å². The number of phenols is 1. The van der Waals surface area contributed by atoms with Crippen LogP contribution in [-0.4, -0.2) is 49.5 Å². The summed E-state index contributed by atoms with van der Waals surface area (Å²) in [6.07, 6.45) is 6.83. The highest BCUT2D eigenvalue weighted by Gasteiger charge is 2.52. The molecule has 0 radical (unpaired) electrons. The van der Waals surface area contributed by atoms with Gasteiger partial charge in [-0.25, -0.2) is 9.97 Å². The van der Waals surface area contributed by atoms with Crippen LogP contribution < -0.4 is 10.6 Å². The van der Waals surface area contributed by atoms with Crippen molar-refractivity contribution in [3.63, 3.8) is 0 Å². The second kappa shape index (κ2) is 6.06. The number of imidazole rings is 1. The summed E-state index contributed by atoms with van der Waals surface area (Å²) in [4.78, 5) is 8.35. The Morgan fingerprint density at radius 2 is 2.12 bits per heavy atom. The number of phenolic OH excluding ortho intramolecular Hbond substituents is 1. The number of hydrogen-bond acceptors (Lipinski definition) is 7. The molecule has 8 nitrogen and oxygen atoms in total. The van der Waals surface area contributed by atoms with Crippen LogP contribution in [0.25, 0.3) is 16.9 Å². The smallest absolute Gasteiger partial charge is 0.242 e. The molecule has 3 N–H and O–H groups in total. The summed E-state index contributed by atoms with van der Waals surface area (Å²) in [6, 6.07) is 5.37. The number of piperidine rings is 1. The van der Waals surface area contributed by atoms with E-state index < -0.39 is 0 Å². The lowest BCUT2D eigenvalue weighted by Gasteiger charge is -2.08. The Labute approximate surface area is 150 Å². The normalized spacial score (nSPS) is 23.6. The van der Waals surface area contributed by atoms with Gasteiger partial charge in [0.1, 0.15) is 11.4 Å². The summed E-state index contributed by atoms with van der Waals surface area (Å²) >= 11 is 0. The van der Waals surface area contributed by atoms with E-state index in [0.29, 0.717) is 17.2 Å². The Kier molecular flexibility index (Phi) is 3.56. The van der Waals surface area contributed by atoms with Crippen LogP contribution in [-0.2, 0) is 0 Å². The maximum absolute atomic E-state index is 10.3. The predicted molar refractivity (Wildman–Crippen MR) is 95.9 cm³/mol. The molecule has 0 amide bonds. The van der Waals surface area contributed by atoms with Crippen molar-refractivity contribution in [1.82, 2.24) is 30.0 Å². The zero-order valence-corrected chi connectivity index (χ0v) is 14.1. The molecule has 1 aliphatic carbocycles. The number of hydrogen-bond donors (Lipinski definition) is 3. The molecule has 1 aliphatic heterocycles. The topological polar surface area (TPSA) is 101 Å². The molecule has 2 aromatic heterocycles. The molecule has 2 fully saturated rings. The number of rotatable bonds is 5. The van der Waals surface area contributed by atoms with Crippen molar-refractivity contribution >= 4 is 5.95 Å². The zero-order chi connectivity index (χ0) is 17.5. The number of aromatic hydroxyl groups is 1. The van der Waals surface area contributed by atoms with E-state index in [4.69, 9.17) is 0 Å². The number of benzene rings is 1.